The van der Waals surface area contributed by atoms with Crippen molar-refractivity contribution in [2.24, 2.45) is 5.92 Å². The molecule has 0 bridgehead atoms. The topological polar surface area (TPSA) is 41.5 Å². The van der Waals surface area contributed by atoms with Crippen LogP contribution >= 0.6 is 35.3 Å². The molecule has 0 radical (unpaired) electrons. The van der Waals surface area contributed by atoms with Gasteiger partial charge in [0, 0.05) is 22.5 Å². The number of halogens is 2. The van der Waals surface area contributed by atoms with E-state index in [4.69, 9.17) is 16.3 Å². The minimum atomic E-state index is -0.504. The van der Waals surface area contributed by atoms with Crippen molar-refractivity contribution in [2.75, 3.05) is 13.2 Å². The van der Waals surface area contributed by atoms with Crippen LogP contribution in [0.3, 0.4) is 0 Å². The number of nitrogens with one attached hydrogen (secondary N) is 1. The van der Waals surface area contributed by atoms with Crippen molar-refractivity contribution in [3.8, 4) is 0 Å². The number of aliphatic hydroxyl groups excluding tert-OH is 1. The zero-order chi connectivity index (χ0) is 17.5. The standard InChI is InChI=1S/C20H26ClNO2S.ClH/c21-17-9-7-15(8-10-17)13-24-14-18(23)12-22-20(16-4-1-2-5-16)19-6-3-11-25-19;/h3,6-11,16,18,20,22-23H,1-2,4-5,12-14H2;1H. The lowest BCUT2D eigenvalue weighted by atomic mass is 9.96. The molecule has 3 nitrogen and oxygen atoms in total. The van der Waals surface area contributed by atoms with Gasteiger partial charge in [-0.25, -0.2) is 0 Å². The van der Waals surface area contributed by atoms with E-state index in [0.717, 1.165) is 10.6 Å². The molecular formula is C20H27Cl2NO2S. The van der Waals surface area contributed by atoms with E-state index in [1.54, 1.807) is 11.3 Å². The zero-order valence-corrected chi connectivity index (χ0v) is 17.2. The highest BCUT2D eigenvalue weighted by molar-refractivity contribution is 7.10. The minimum absolute atomic E-state index is 0. The van der Waals surface area contributed by atoms with E-state index in [2.05, 4.69) is 22.8 Å². The summed E-state index contributed by atoms with van der Waals surface area (Å²) in [4.78, 5) is 1.38. The number of hydrogen-bond donors (Lipinski definition) is 2. The number of rotatable bonds is 9. The van der Waals surface area contributed by atoms with E-state index in [1.807, 2.05) is 24.3 Å². The van der Waals surface area contributed by atoms with E-state index in [0.29, 0.717) is 31.7 Å². The molecule has 2 unspecified atom stereocenters. The molecule has 1 aliphatic rings. The zero-order valence-electron chi connectivity index (χ0n) is 14.8. The predicted octanol–water partition coefficient (Wildman–Crippen LogP) is 5.22. The predicted molar refractivity (Wildman–Crippen MR) is 111 cm³/mol. The van der Waals surface area contributed by atoms with Crippen LogP contribution in [0, 0.1) is 5.92 Å². The molecule has 6 heteroatoms. The van der Waals surface area contributed by atoms with Crippen molar-refractivity contribution >= 4 is 35.3 Å². The first-order valence-electron chi connectivity index (χ1n) is 8.99. The highest BCUT2D eigenvalue weighted by Gasteiger charge is 2.27. The highest BCUT2D eigenvalue weighted by atomic mass is 35.5. The average molecular weight is 416 g/mol. The van der Waals surface area contributed by atoms with Gasteiger partial charge in [-0.1, -0.05) is 42.6 Å². The van der Waals surface area contributed by atoms with Gasteiger partial charge in [0.05, 0.1) is 19.3 Å². The Hall–Kier alpha value is -0.620. The lowest BCUT2D eigenvalue weighted by molar-refractivity contribution is 0.0267. The minimum Gasteiger partial charge on any atom is -0.389 e. The average Bonchev–Trinajstić information content (AvgIpc) is 3.31. The molecule has 2 N–H and O–H groups in total. The molecule has 3 rings (SSSR count). The monoisotopic (exact) mass is 415 g/mol. The first kappa shape index (κ1) is 21.7. The van der Waals surface area contributed by atoms with Crippen molar-refractivity contribution in [3.63, 3.8) is 0 Å². The van der Waals surface area contributed by atoms with Crippen molar-refractivity contribution < 1.29 is 9.84 Å². The summed E-state index contributed by atoms with van der Waals surface area (Å²) in [6, 6.07) is 12.3. The van der Waals surface area contributed by atoms with E-state index in [1.165, 1.54) is 30.6 Å². The SMILES string of the molecule is Cl.OC(CNC(c1cccs1)C1CCCC1)COCc1ccc(Cl)cc1. The Labute approximate surface area is 171 Å². The van der Waals surface area contributed by atoms with E-state index in [-0.39, 0.29) is 12.4 Å². The van der Waals surface area contributed by atoms with Crippen molar-refractivity contribution in [3.05, 3.63) is 57.2 Å². The lowest BCUT2D eigenvalue weighted by Gasteiger charge is -2.25. The van der Waals surface area contributed by atoms with Crippen LogP contribution in [-0.2, 0) is 11.3 Å². The smallest absolute Gasteiger partial charge is 0.0898 e. The molecule has 0 amide bonds. The fourth-order valence-electron chi connectivity index (χ4n) is 3.47. The van der Waals surface area contributed by atoms with Crippen LogP contribution in [0.25, 0.3) is 0 Å². The molecule has 1 fully saturated rings. The first-order valence-corrected chi connectivity index (χ1v) is 10.2. The van der Waals surface area contributed by atoms with Crippen LogP contribution in [0.4, 0.5) is 0 Å². The summed E-state index contributed by atoms with van der Waals surface area (Å²) in [5, 5.41) is 16.7. The maximum absolute atomic E-state index is 10.3. The highest BCUT2D eigenvalue weighted by Crippen LogP contribution is 2.37. The van der Waals surface area contributed by atoms with Crippen LogP contribution in [0.2, 0.25) is 5.02 Å². The van der Waals surface area contributed by atoms with Gasteiger partial charge in [0.1, 0.15) is 0 Å². The summed E-state index contributed by atoms with van der Waals surface area (Å²) >= 11 is 7.67. The van der Waals surface area contributed by atoms with Gasteiger partial charge < -0.3 is 15.2 Å². The molecule has 26 heavy (non-hydrogen) atoms. The molecule has 1 aromatic carbocycles. The molecule has 0 aliphatic heterocycles. The van der Waals surface area contributed by atoms with Crippen molar-refractivity contribution in [2.45, 2.75) is 44.4 Å². The second-order valence-electron chi connectivity index (χ2n) is 6.74. The third-order valence-corrected chi connectivity index (χ3v) is 5.99. The second-order valence-corrected chi connectivity index (χ2v) is 8.16. The molecule has 1 saturated carbocycles. The fraction of sp³-hybridized carbons (Fsp3) is 0.500. The summed E-state index contributed by atoms with van der Waals surface area (Å²) in [5.41, 5.74) is 1.06. The molecule has 1 aliphatic carbocycles. The van der Waals surface area contributed by atoms with Crippen molar-refractivity contribution in [1.29, 1.82) is 0 Å². The molecule has 2 aromatic rings. The molecule has 1 heterocycles. The van der Waals surface area contributed by atoms with Crippen molar-refractivity contribution in [1.82, 2.24) is 5.32 Å². The van der Waals surface area contributed by atoms with Gasteiger partial charge >= 0.3 is 0 Å². The van der Waals surface area contributed by atoms with Crippen LogP contribution in [0.1, 0.15) is 42.2 Å². The number of thiophene rings is 1. The van der Waals surface area contributed by atoms with Crippen LogP contribution < -0.4 is 5.32 Å². The van der Waals surface area contributed by atoms with Gasteiger partial charge in [-0.2, -0.15) is 0 Å². The second kappa shape index (κ2) is 11.3. The molecule has 0 saturated heterocycles. The van der Waals surface area contributed by atoms with E-state index >= 15 is 0 Å². The molecule has 144 valence electrons. The molecule has 2 atom stereocenters. The van der Waals surface area contributed by atoms with Crippen LogP contribution in [-0.4, -0.2) is 24.4 Å². The molecule has 0 spiro atoms. The largest absolute Gasteiger partial charge is 0.389 e. The first-order chi connectivity index (χ1) is 12.2. The lowest BCUT2D eigenvalue weighted by Crippen LogP contribution is -2.35. The summed E-state index contributed by atoms with van der Waals surface area (Å²) in [6.07, 6.45) is 4.69. The summed E-state index contributed by atoms with van der Waals surface area (Å²) in [5.74, 6) is 0.681. The Morgan fingerprint density at radius 1 is 1.19 bits per heavy atom. The van der Waals surface area contributed by atoms with Crippen LogP contribution in [0.15, 0.2) is 41.8 Å². The molecular weight excluding hydrogens is 389 g/mol. The maximum Gasteiger partial charge on any atom is 0.0898 e. The van der Waals surface area contributed by atoms with Gasteiger partial charge in [0.25, 0.3) is 0 Å². The number of ether oxygens (including phenoxy) is 1. The van der Waals surface area contributed by atoms with Gasteiger partial charge in [-0.15, -0.1) is 23.7 Å². The van der Waals surface area contributed by atoms with Gasteiger partial charge in [-0.05, 0) is 47.9 Å². The fourth-order valence-corrected chi connectivity index (χ4v) is 4.49. The van der Waals surface area contributed by atoms with Gasteiger partial charge in [0.2, 0.25) is 0 Å². The van der Waals surface area contributed by atoms with E-state index in [9.17, 15) is 5.11 Å². The Bertz CT molecular complexity index is 615. The normalized spacial score (nSPS) is 17.0. The van der Waals surface area contributed by atoms with Gasteiger partial charge in [-0.3, -0.25) is 0 Å². The Morgan fingerprint density at radius 3 is 2.58 bits per heavy atom. The maximum atomic E-state index is 10.3. The number of benzene rings is 1. The summed E-state index contributed by atoms with van der Waals surface area (Å²) in [6.45, 7) is 1.38. The Morgan fingerprint density at radius 2 is 1.92 bits per heavy atom. The van der Waals surface area contributed by atoms with E-state index < -0.39 is 6.10 Å². The quantitative estimate of drug-likeness (QED) is 0.589. The van der Waals surface area contributed by atoms with Crippen LogP contribution in [0.5, 0.6) is 0 Å². The third-order valence-electron chi connectivity index (χ3n) is 4.79. The van der Waals surface area contributed by atoms with Gasteiger partial charge in [0.15, 0.2) is 0 Å². The number of aliphatic hydroxyl groups is 1. The summed E-state index contributed by atoms with van der Waals surface area (Å²) < 4.78 is 5.64. The Kier molecular flexibility index (Phi) is 9.40. The Balaban J connectivity index is 0.00000243. The summed E-state index contributed by atoms with van der Waals surface area (Å²) in [7, 11) is 0. The molecule has 1 aromatic heterocycles. The number of hydrogen-bond acceptors (Lipinski definition) is 4. The third kappa shape index (κ3) is 6.52.